The highest BCUT2D eigenvalue weighted by molar-refractivity contribution is 5.96. The van der Waals surface area contributed by atoms with Gasteiger partial charge in [0.05, 0.1) is 30.9 Å². The van der Waals surface area contributed by atoms with E-state index in [4.69, 9.17) is 18.9 Å². The van der Waals surface area contributed by atoms with Gasteiger partial charge in [0.15, 0.2) is 0 Å². The van der Waals surface area contributed by atoms with Gasteiger partial charge in [0.25, 0.3) is 0 Å². The van der Waals surface area contributed by atoms with Crippen molar-refractivity contribution >= 4 is 28.7 Å². The lowest BCUT2D eigenvalue weighted by molar-refractivity contribution is -0.137. The van der Waals surface area contributed by atoms with Gasteiger partial charge >= 0.3 is 17.9 Å². The van der Waals surface area contributed by atoms with Gasteiger partial charge in [0.1, 0.15) is 11.5 Å². The predicted octanol–water partition coefficient (Wildman–Crippen LogP) is 5.90. The van der Waals surface area contributed by atoms with E-state index < -0.39 is 11.9 Å². The molecule has 3 rings (SSSR count). The Bertz CT molecular complexity index is 1200. The van der Waals surface area contributed by atoms with E-state index in [-0.39, 0.29) is 5.97 Å². The Morgan fingerprint density at radius 1 is 0.722 bits per heavy atom. The number of ether oxygens (including phenoxy) is 4. The first kappa shape index (κ1) is 26.5. The van der Waals surface area contributed by atoms with Crippen molar-refractivity contribution < 1.29 is 33.3 Å². The van der Waals surface area contributed by atoms with E-state index in [1.807, 2.05) is 0 Å². The molecule has 36 heavy (non-hydrogen) atoms. The number of hydrogen-bond donors (Lipinski definition) is 0. The first-order chi connectivity index (χ1) is 17.5. The number of carbonyl (C=O) groups excluding carboxylic acids is 3. The second-order valence-corrected chi connectivity index (χ2v) is 7.99. The number of benzene rings is 3. The summed E-state index contributed by atoms with van der Waals surface area (Å²) in [6.45, 7) is 6.40. The second-order valence-electron chi connectivity index (χ2n) is 7.99. The first-order valence-electron chi connectivity index (χ1n) is 12.0. The topological polar surface area (TPSA) is 88.1 Å². The van der Waals surface area contributed by atoms with Crippen molar-refractivity contribution in [3.63, 3.8) is 0 Å². The highest BCUT2D eigenvalue weighted by Gasteiger charge is 2.11. The van der Waals surface area contributed by atoms with Gasteiger partial charge in [-0.2, -0.15) is 0 Å². The summed E-state index contributed by atoms with van der Waals surface area (Å²) >= 11 is 0. The number of esters is 3. The fourth-order valence-corrected chi connectivity index (χ4v) is 3.46. The maximum Gasteiger partial charge on any atom is 0.343 e. The Labute approximate surface area is 210 Å². The highest BCUT2D eigenvalue weighted by atomic mass is 16.5. The van der Waals surface area contributed by atoms with Crippen molar-refractivity contribution in [1.29, 1.82) is 0 Å². The normalized spacial score (nSPS) is 10.5. The van der Waals surface area contributed by atoms with Crippen molar-refractivity contribution in [3.8, 4) is 11.5 Å². The standard InChI is InChI=1S/C29H30O7/c1-3-27(30)35-18-8-6-5-7-17-34-25-14-11-21(12-15-25)29(32)36-26-16-13-22-19-24(28(31)33-4-2)10-9-23(22)20-26/h3,9-16,19-20H,1,4-8,17-18H2,2H3. The van der Waals surface area contributed by atoms with Crippen LogP contribution < -0.4 is 9.47 Å². The maximum absolute atomic E-state index is 12.6. The monoisotopic (exact) mass is 490 g/mol. The van der Waals surface area contributed by atoms with Crippen molar-refractivity contribution in [2.75, 3.05) is 19.8 Å². The van der Waals surface area contributed by atoms with Crippen LogP contribution in [0, 0.1) is 0 Å². The van der Waals surface area contributed by atoms with Crippen molar-refractivity contribution in [2.24, 2.45) is 0 Å². The minimum absolute atomic E-state index is 0.316. The summed E-state index contributed by atoms with van der Waals surface area (Å²) < 4.78 is 21.2. The molecule has 0 N–H and O–H groups in total. The Balaban J connectivity index is 1.44. The van der Waals surface area contributed by atoms with Crippen LogP contribution in [0.5, 0.6) is 11.5 Å². The Morgan fingerprint density at radius 3 is 2.08 bits per heavy atom. The summed E-state index contributed by atoms with van der Waals surface area (Å²) in [4.78, 5) is 35.4. The second kappa shape index (κ2) is 13.7. The molecule has 0 heterocycles. The Hall–Kier alpha value is -4.13. The maximum atomic E-state index is 12.6. The lowest BCUT2D eigenvalue weighted by Crippen LogP contribution is -2.08. The van der Waals surface area contributed by atoms with Crippen LogP contribution in [-0.4, -0.2) is 37.7 Å². The minimum atomic E-state index is -0.471. The van der Waals surface area contributed by atoms with Crippen molar-refractivity contribution in [2.45, 2.75) is 32.6 Å². The zero-order chi connectivity index (χ0) is 25.8. The molecule has 0 saturated heterocycles. The zero-order valence-corrected chi connectivity index (χ0v) is 20.4. The summed E-state index contributed by atoms with van der Waals surface area (Å²) in [6, 6.07) is 17.3. The van der Waals surface area contributed by atoms with Crippen LogP contribution >= 0.6 is 0 Å². The fraction of sp³-hybridized carbons (Fsp3) is 0.276. The van der Waals surface area contributed by atoms with Gasteiger partial charge in [-0.25, -0.2) is 14.4 Å². The van der Waals surface area contributed by atoms with Crippen molar-refractivity contribution in [1.82, 2.24) is 0 Å². The molecule has 0 atom stereocenters. The quantitative estimate of drug-likeness (QED) is 0.127. The average Bonchev–Trinajstić information content (AvgIpc) is 2.90. The lowest BCUT2D eigenvalue weighted by Gasteiger charge is -2.09. The molecular formula is C29H30O7. The smallest absolute Gasteiger partial charge is 0.343 e. The van der Waals surface area contributed by atoms with Crippen molar-refractivity contribution in [3.05, 3.63) is 84.4 Å². The molecule has 3 aromatic rings. The summed E-state index contributed by atoms with van der Waals surface area (Å²) in [7, 11) is 0. The van der Waals surface area contributed by atoms with E-state index in [1.165, 1.54) is 0 Å². The van der Waals surface area contributed by atoms with Crippen LogP contribution in [0.25, 0.3) is 10.8 Å². The molecule has 0 bridgehead atoms. The van der Waals surface area contributed by atoms with Gasteiger partial charge in [-0.15, -0.1) is 0 Å². The van der Waals surface area contributed by atoms with Gasteiger partial charge in [0, 0.05) is 6.08 Å². The van der Waals surface area contributed by atoms with Crippen LogP contribution in [0.2, 0.25) is 0 Å². The first-order valence-corrected chi connectivity index (χ1v) is 12.0. The predicted molar refractivity (Wildman–Crippen MR) is 136 cm³/mol. The summed E-state index contributed by atoms with van der Waals surface area (Å²) in [6.07, 6.45) is 4.75. The van der Waals surface area contributed by atoms with Crippen LogP contribution in [-0.2, 0) is 14.3 Å². The number of hydrogen-bond acceptors (Lipinski definition) is 7. The number of fused-ring (bicyclic) bond motifs is 1. The molecule has 7 nitrogen and oxygen atoms in total. The highest BCUT2D eigenvalue weighted by Crippen LogP contribution is 2.24. The molecule has 0 saturated carbocycles. The molecule has 0 aromatic heterocycles. The molecule has 0 aliphatic heterocycles. The third kappa shape index (κ3) is 7.98. The number of unbranched alkanes of at least 4 members (excludes halogenated alkanes) is 3. The van der Waals surface area contributed by atoms with E-state index in [0.29, 0.717) is 42.4 Å². The largest absolute Gasteiger partial charge is 0.494 e. The molecule has 0 unspecified atom stereocenters. The molecule has 3 aromatic carbocycles. The molecule has 0 amide bonds. The molecule has 0 spiro atoms. The van der Waals surface area contributed by atoms with Gasteiger partial charge in [0.2, 0.25) is 0 Å². The van der Waals surface area contributed by atoms with Crippen LogP contribution in [0.4, 0.5) is 0 Å². The third-order valence-electron chi connectivity index (χ3n) is 5.34. The van der Waals surface area contributed by atoms with Gasteiger partial charge < -0.3 is 18.9 Å². The molecular weight excluding hydrogens is 460 g/mol. The van der Waals surface area contributed by atoms with Crippen LogP contribution in [0.15, 0.2) is 73.3 Å². The molecule has 7 heteroatoms. The molecule has 0 aliphatic rings. The SMILES string of the molecule is C=CC(=O)OCCCCCCOc1ccc(C(=O)Oc2ccc3cc(C(=O)OCC)ccc3c2)cc1. The Morgan fingerprint density at radius 2 is 1.36 bits per heavy atom. The summed E-state index contributed by atoms with van der Waals surface area (Å²) in [5.74, 6) is -0.147. The summed E-state index contributed by atoms with van der Waals surface area (Å²) in [5, 5.41) is 1.69. The number of rotatable bonds is 13. The molecule has 0 radical (unpaired) electrons. The van der Waals surface area contributed by atoms with E-state index in [1.54, 1.807) is 67.6 Å². The van der Waals surface area contributed by atoms with Gasteiger partial charge in [-0.3, -0.25) is 0 Å². The Kier molecular flexibility index (Phi) is 10.1. The van der Waals surface area contributed by atoms with E-state index in [2.05, 4.69) is 6.58 Å². The third-order valence-corrected chi connectivity index (χ3v) is 5.34. The van der Waals surface area contributed by atoms with Crippen LogP contribution in [0.1, 0.15) is 53.3 Å². The average molecular weight is 491 g/mol. The fourth-order valence-electron chi connectivity index (χ4n) is 3.46. The van der Waals surface area contributed by atoms with E-state index in [0.717, 1.165) is 42.5 Å². The minimum Gasteiger partial charge on any atom is -0.494 e. The van der Waals surface area contributed by atoms with Crippen LogP contribution in [0.3, 0.4) is 0 Å². The molecule has 0 aliphatic carbocycles. The van der Waals surface area contributed by atoms with E-state index >= 15 is 0 Å². The number of carbonyl (C=O) groups is 3. The lowest BCUT2D eigenvalue weighted by atomic mass is 10.1. The van der Waals surface area contributed by atoms with Gasteiger partial charge in [-0.05, 0) is 91.9 Å². The summed E-state index contributed by atoms with van der Waals surface area (Å²) in [5.41, 5.74) is 0.886. The molecule has 0 fully saturated rings. The van der Waals surface area contributed by atoms with E-state index in [9.17, 15) is 14.4 Å². The van der Waals surface area contributed by atoms with Gasteiger partial charge in [-0.1, -0.05) is 18.7 Å². The molecule has 188 valence electrons. The zero-order valence-electron chi connectivity index (χ0n) is 20.4.